The van der Waals surface area contributed by atoms with Crippen molar-refractivity contribution < 1.29 is 14.0 Å². The zero-order valence-corrected chi connectivity index (χ0v) is 12.3. The van der Waals surface area contributed by atoms with Crippen LogP contribution in [0.25, 0.3) is 11.0 Å². The van der Waals surface area contributed by atoms with E-state index in [-0.39, 0.29) is 18.2 Å². The molecule has 0 radical (unpaired) electrons. The van der Waals surface area contributed by atoms with Crippen molar-refractivity contribution in [2.45, 2.75) is 24.8 Å². The van der Waals surface area contributed by atoms with Gasteiger partial charge in [-0.1, -0.05) is 0 Å². The standard InChI is InChI=1S/C14H13ClFN3O2/c1-7(15)13-17-9-5-8(16)3-4-10(9)19(13)11-6-12(20)18(2)14(11)21/h3-5,7,11H,6H2,1-2H3. The monoisotopic (exact) mass is 309 g/mol. The quantitative estimate of drug-likeness (QED) is 0.632. The highest BCUT2D eigenvalue weighted by Crippen LogP contribution is 2.33. The van der Waals surface area contributed by atoms with Crippen LogP contribution in [0.5, 0.6) is 0 Å². The Morgan fingerprint density at radius 2 is 2.14 bits per heavy atom. The van der Waals surface area contributed by atoms with E-state index in [2.05, 4.69) is 4.98 Å². The number of likely N-dealkylation sites (tertiary alicyclic amines) is 1. The van der Waals surface area contributed by atoms with Gasteiger partial charge in [-0.2, -0.15) is 0 Å². The van der Waals surface area contributed by atoms with Crippen LogP contribution in [-0.2, 0) is 9.59 Å². The number of hydrogen-bond donors (Lipinski definition) is 0. The van der Waals surface area contributed by atoms with Crippen molar-refractivity contribution in [2.24, 2.45) is 0 Å². The fraction of sp³-hybridized carbons (Fsp3) is 0.357. The van der Waals surface area contributed by atoms with E-state index in [1.807, 2.05) is 0 Å². The molecule has 1 aliphatic rings. The number of rotatable bonds is 2. The third-order valence-corrected chi connectivity index (χ3v) is 3.90. The predicted molar refractivity (Wildman–Crippen MR) is 75.4 cm³/mol. The van der Waals surface area contributed by atoms with E-state index < -0.39 is 17.2 Å². The van der Waals surface area contributed by atoms with Gasteiger partial charge in [-0.15, -0.1) is 11.6 Å². The van der Waals surface area contributed by atoms with Crippen LogP contribution in [0.1, 0.15) is 30.6 Å². The van der Waals surface area contributed by atoms with Gasteiger partial charge in [-0.3, -0.25) is 14.5 Å². The fourth-order valence-electron chi connectivity index (χ4n) is 2.64. The summed E-state index contributed by atoms with van der Waals surface area (Å²) in [6.45, 7) is 1.72. The number of imidazole rings is 1. The second-order valence-corrected chi connectivity index (χ2v) is 5.75. The molecule has 1 aliphatic heterocycles. The van der Waals surface area contributed by atoms with Crippen LogP contribution in [0.2, 0.25) is 0 Å². The van der Waals surface area contributed by atoms with Gasteiger partial charge in [0.05, 0.1) is 22.8 Å². The van der Waals surface area contributed by atoms with Crippen molar-refractivity contribution >= 4 is 34.4 Å². The summed E-state index contributed by atoms with van der Waals surface area (Å²) in [6, 6.07) is 3.47. The Labute approximate surface area is 125 Å². The number of carbonyl (C=O) groups excluding carboxylic acids is 2. The van der Waals surface area contributed by atoms with Gasteiger partial charge in [0.15, 0.2) is 0 Å². The van der Waals surface area contributed by atoms with E-state index in [9.17, 15) is 14.0 Å². The van der Waals surface area contributed by atoms with Crippen molar-refractivity contribution in [3.05, 3.63) is 29.8 Å². The first-order valence-corrected chi connectivity index (χ1v) is 6.95. The minimum atomic E-state index is -0.672. The van der Waals surface area contributed by atoms with Crippen molar-refractivity contribution in [3.8, 4) is 0 Å². The summed E-state index contributed by atoms with van der Waals surface area (Å²) >= 11 is 6.13. The van der Waals surface area contributed by atoms with Gasteiger partial charge in [0.25, 0.3) is 5.91 Å². The van der Waals surface area contributed by atoms with Crippen LogP contribution in [-0.4, -0.2) is 33.3 Å². The first kappa shape index (κ1) is 14.0. The molecule has 3 rings (SSSR count). The van der Waals surface area contributed by atoms with Crippen LogP contribution >= 0.6 is 11.6 Å². The molecule has 2 amide bonds. The van der Waals surface area contributed by atoms with Gasteiger partial charge in [0.1, 0.15) is 17.7 Å². The first-order valence-electron chi connectivity index (χ1n) is 6.52. The normalized spacial score (nSPS) is 20.6. The average molecular weight is 310 g/mol. The Morgan fingerprint density at radius 1 is 1.43 bits per heavy atom. The zero-order chi connectivity index (χ0) is 15.3. The van der Waals surface area contributed by atoms with E-state index in [1.165, 1.54) is 19.2 Å². The molecule has 0 spiro atoms. The molecule has 5 nitrogen and oxygen atoms in total. The summed E-state index contributed by atoms with van der Waals surface area (Å²) in [5.74, 6) is -0.505. The summed E-state index contributed by atoms with van der Waals surface area (Å²) in [4.78, 5) is 29.4. The van der Waals surface area contributed by atoms with Gasteiger partial charge in [0.2, 0.25) is 5.91 Å². The van der Waals surface area contributed by atoms with Gasteiger partial charge < -0.3 is 4.57 Å². The molecule has 2 aromatic rings. The summed E-state index contributed by atoms with van der Waals surface area (Å²) < 4.78 is 15.0. The third kappa shape index (κ3) is 2.10. The number of nitrogens with zero attached hydrogens (tertiary/aromatic N) is 3. The van der Waals surface area contributed by atoms with Gasteiger partial charge >= 0.3 is 0 Å². The molecule has 0 aliphatic carbocycles. The van der Waals surface area contributed by atoms with Crippen LogP contribution < -0.4 is 0 Å². The van der Waals surface area contributed by atoms with Crippen molar-refractivity contribution in [1.82, 2.24) is 14.5 Å². The largest absolute Gasteiger partial charge is 0.313 e. The van der Waals surface area contributed by atoms with Gasteiger partial charge in [-0.25, -0.2) is 9.37 Å². The molecule has 1 fully saturated rings. The molecule has 1 aromatic heterocycles. The number of amides is 2. The topological polar surface area (TPSA) is 55.2 Å². The molecule has 1 saturated heterocycles. The molecule has 2 atom stereocenters. The molecule has 7 heteroatoms. The van der Waals surface area contributed by atoms with Crippen LogP contribution in [0, 0.1) is 5.82 Å². The Morgan fingerprint density at radius 3 is 2.71 bits per heavy atom. The van der Waals surface area contributed by atoms with Crippen molar-refractivity contribution in [3.63, 3.8) is 0 Å². The maximum atomic E-state index is 13.3. The number of likely N-dealkylation sites (N-methyl/N-ethyl adjacent to an activating group) is 1. The molecule has 2 unspecified atom stereocenters. The summed E-state index contributed by atoms with van der Waals surface area (Å²) in [7, 11) is 1.45. The maximum absolute atomic E-state index is 13.3. The number of fused-ring (bicyclic) bond motifs is 1. The Balaban J connectivity index is 2.23. The van der Waals surface area contributed by atoms with Crippen molar-refractivity contribution in [1.29, 1.82) is 0 Å². The molecule has 21 heavy (non-hydrogen) atoms. The average Bonchev–Trinajstić information content (AvgIpc) is 2.91. The van der Waals surface area contributed by atoms with Gasteiger partial charge in [0, 0.05) is 13.1 Å². The first-order chi connectivity index (χ1) is 9.90. The lowest BCUT2D eigenvalue weighted by molar-refractivity contribution is -0.137. The highest BCUT2D eigenvalue weighted by atomic mass is 35.5. The van der Waals surface area contributed by atoms with Crippen molar-refractivity contribution in [2.75, 3.05) is 7.05 Å². The minimum Gasteiger partial charge on any atom is -0.313 e. The Bertz CT molecular complexity index is 756. The number of carbonyl (C=O) groups is 2. The highest BCUT2D eigenvalue weighted by molar-refractivity contribution is 6.20. The molecule has 1 aromatic carbocycles. The SMILES string of the molecule is CC(Cl)c1nc2cc(F)ccc2n1C1CC(=O)N(C)C1=O. The number of halogens is 2. The number of alkyl halides is 1. The van der Waals surface area contributed by atoms with E-state index >= 15 is 0 Å². The third-order valence-electron chi connectivity index (χ3n) is 3.70. The summed E-state index contributed by atoms with van der Waals surface area (Å²) in [5, 5.41) is -0.464. The van der Waals surface area contributed by atoms with Gasteiger partial charge in [-0.05, 0) is 19.1 Å². The number of benzene rings is 1. The maximum Gasteiger partial charge on any atom is 0.252 e. The highest BCUT2D eigenvalue weighted by Gasteiger charge is 2.39. The number of imide groups is 1. The van der Waals surface area contributed by atoms with E-state index in [0.29, 0.717) is 16.9 Å². The van der Waals surface area contributed by atoms with E-state index in [4.69, 9.17) is 11.6 Å². The molecule has 2 heterocycles. The smallest absolute Gasteiger partial charge is 0.252 e. The molecule has 0 saturated carbocycles. The lowest BCUT2D eigenvalue weighted by Crippen LogP contribution is -2.27. The second kappa shape index (κ2) is 4.80. The Hall–Kier alpha value is -1.95. The summed E-state index contributed by atoms with van der Waals surface area (Å²) in [6.07, 6.45) is 0.0643. The molecule has 0 bridgehead atoms. The molecule has 0 N–H and O–H groups in total. The number of aromatic nitrogens is 2. The van der Waals surface area contributed by atoms with Crippen LogP contribution in [0.3, 0.4) is 0 Å². The molecular formula is C14H13ClFN3O2. The van der Waals surface area contributed by atoms with E-state index in [0.717, 1.165) is 4.90 Å². The van der Waals surface area contributed by atoms with E-state index in [1.54, 1.807) is 17.6 Å². The minimum absolute atomic E-state index is 0.0643. The Kier molecular flexibility index (Phi) is 3.20. The molecular weight excluding hydrogens is 297 g/mol. The van der Waals surface area contributed by atoms with Crippen LogP contribution in [0.4, 0.5) is 4.39 Å². The second-order valence-electron chi connectivity index (χ2n) is 5.10. The zero-order valence-electron chi connectivity index (χ0n) is 11.5. The number of hydrogen-bond acceptors (Lipinski definition) is 3. The lowest BCUT2D eigenvalue weighted by Gasteiger charge is -2.16. The lowest BCUT2D eigenvalue weighted by atomic mass is 10.2. The molecule has 110 valence electrons. The summed E-state index contributed by atoms with van der Waals surface area (Å²) in [5.41, 5.74) is 1.02. The fourth-order valence-corrected chi connectivity index (χ4v) is 2.79. The van der Waals surface area contributed by atoms with Crippen LogP contribution in [0.15, 0.2) is 18.2 Å². The predicted octanol–water partition coefficient (Wildman–Crippen LogP) is 2.41.